The normalized spacial score (nSPS) is 28.5. The van der Waals surface area contributed by atoms with Gasteiger partial charge in [-0.15, -0.1) is 0 Å². The highest BCUT2D eigenvalue weighted by atomic mass is 15.2. The van der Waals surface area contributed by atoms with Crippen LogP contribution in [0.3, 0.4) is 0 Å². The molecule has 116 valence electrons. The van der Waals surface area contributed by atoms with E-state index in [1.54, 1.807) is 0 Å². The van der Waals surface area contributed by atoms with Gasteiger partial charge in [0.15, 0.2) is 0 Å². The molecule has 3 rings (SSSR count). The molecule has 0 atom stereocenters. The van der Waals surface area contributed by atoms with Crippen molar-refractivity contribution < 1.29 is 0 Å². The van der Waals surface area contributed by atoms with Crippen LogP contribution in [0.4, 0.5) is 0 Å². The van der Waals surface area contributed by atoms with Gasteiger partial charge in [0.1, 0.15) is 5.84 Å². The SMILES string of the molecule is C/C=C1\C(=N)N(C2CCCCC2)C=C1C1CCN(C)CC1. The lowest BCUT2D eigenvalue weighted by Gasteiger charge is -2.31. The molecule has 3 nitrogen and oxygen atoms in total. The number of allylic oxidation sites excluding steroid dienone is 1. The van der Waals surface area contributed by atoms with Crippen molar-refractivity contribution in [3.8, 4) is 0 Å². The Hall–Kier alpha value is -1.09. The van der Waals surface area contributed by atoms with E-state index >= 15 is 0 Å². The van der Waals surface area contributed by atoms with E-state index < -0.39 is 0 Å². The molecule has 0 radical (unpaired) electrons. The molecule has 2 aliphatic heterocycles. The predicted octanol–water partition coefficient (Wildman–Crippen LogP) is 3.78. The summed E-state index contributed by atoms with van der Waals surface area (Å²) in [7, 11) is 2.21. The second-order valence-corrected chi connectivity index (χ2v) is 6.91. The molecule has 1 saturated heterocycles. The maximum atomic E-state index is 8.58. The molecule has 0 aromatic carbocycles. The Morgan fingerprint density at radius 2 is 1.76 bits per heavy atom. The van der Waals surface area contributed by atoms with Crippen LogP contribution in [0, 0.1) is 11.3 Å². The highest BCUT2D eigenvalue weighted by Gasteiger charge is 2.34. The van der Waals surface area contributed by atoms with Crippen LogP contribution in [-0.4, -0.2) is 41.8 Å². The smallest absolute Gasteiger partial charge is 0.132 e. The molecule has 2 fully saturated rings. The predicted molar refractivity (Wildman–Crippen MR) is 88.5 cm³/mol. The highest BCUT2D eigenvalue weighted by molar-refractivity contribution is 6.03. The second-order valence-electron chi connectivity index (χ2n) is 6.91. The first kappa shape index (κ1) is 14.8. The number of nitrogens with zero attached hydrogens (tertiary/aromatic N) is 2. The zero-order valence-corrected chi connectivity index (χ0v) is 13.6. The molecule has 3 heteroatoms. The topological polar surface area (TPSA) is 30.3 Å². The average molecular weight is 287 g/mol. The third-order valence-electron chi connectivity index (χ3n) is 5.52. The van der Waals surface area contributed by atoms with E-state index in [1.807, 2.05) is 0 Å². The number of hydrogen-bond donors (Lipinski definition) is 1. The Labute approximate surface area is 129 Å². The molecule has 3 aliphatic rings. The van der Waals surface area contributed by atoms with Crippen molar-refractivity contribution in [2.45, 2.75) is 57.9 Å². The first-order valence-electron chi connectivity index (χ1n) is 8.65. The van der Waals surface area contributed by atoms with E-state index in [0.29, 0.717) is 12.0 Å². The lowest BCUT2D eigenvalue weighted by Crippen LogP contribution is -2.34. The van der Waals surface area contributed by atoms with Gasteiger partial charge in [0.2, 0.25) is 0 Å². The molecule has 1 aliphatic carbocycles. The fourth-order valence-electron chi connectivity index (χ4n) is 4.16. The molecule has 0 spiro atoms. The zero-order chi connectivity index (χ0) is 14.8. The number of likely N-dealkylation sites (tertiary alicyclic amines) is 1. The molecular weight excluding hydrogens is 258 g/mol. The van der Waals surface area contributed by atoms with Gasteiger partial charge in [-0.1, -0.05) is 25.3 Å². The molecule has 0 aromatic heterocycles. The second kappa shape index (κ2) is 6.35. The van der Waals surface area contributed by atoms with Crippen LogP contribution in [0.25, 0.3) is 0 Å². The van der Waals surface area contributed by atoms with Crippen LogP contribution in [-0.2, 0) is 0 Å². The van der Waals surface area contributed by atoms with E-state index in [1.165, 1.54) is 69.2 Å². The Kier molecular flexibility index (Phi) is 4.48. The molecule has 0 unspecified atom stereocenters. The average Bonchev–Trinajstić information content (AvgIpc) is 2.85. The van der Waals surface area contributed by atoms with Crippen molar-refractivity contribution in [1.82, 2.24) is 9.80 Å². The molecule has 2 heterocycles. The summed E-state index contributed by atoms with van der Waals surface area (Å²) >= 11 is 0. The number of nitrogens with one attached hydrogen (secondary N) is 1. The Bertz CT molecular complexity index is 449. The van der Waals surface area contributed by atoms with Crippen LogP contribution in [0.15, 0.2) is 23.4 Å². The summed E-state index contributed by atoms with van der Waals surface area (Å²) in [6, 6.07) is 0.574. The van der Waals surface area contributed by atoms with E-state index in [9.17, 15) is 0 Å². The molecule has 0 aromatic rings. The lowest BCUT2D eigenvalue weighted by molar-refractivity contribution is 0.238. The summed E-state index contributed by atoms with van der Waals surface area (Å²) in [6.45, 7) is 4.47. The zero-order valence-electron chi connectivity index (χ0n) is 13.6. The first-order chi connectivity index (χ1) is 10.2. The third-order valence-corrected chi connectivity index (χ3v) is 5.52. The van der Waals surface area contributed by atoms with Crippen LogP contribution in [0.2, 0.25) is 0 Å². The lowest BCUT2D eigenvalue weighted by atomic mass is 9.86. The van der Waals surface area contributed by atoms with Gasteiger partial charge >= 0.3 is 0 Å². The number of rotatable bonds is 2. The maximum absolute atomic E-state index is 8.58. The van der Waals surface area contributed by atoms with Crippen LogP contribution < -0.4 is 0 Å². The van der Waals surface area contributed by atoms with Crippen LogP contribution in [0.5, 0.6) is 0 Å². The quantitative estimate of drug-likeness (QED) is 0.837. The summed E-state index contributed by atoms with van der Waals surface area (Å²) in [4.78, 5) is 4.72. The van der Waals surface area contributed by atoms with Crippen molar-refractivity contribution in [2.24, 2.45) is 5.92 Å². The molecule has 0 bridgehead atoms. The highest BCUT2D eigenvalue weighted by Crippen LogP contribution is 2.37. The van der Waals surface area contributed by atoms with E-state index in [-0.39, 0.29) is 0 Å². The van der Waals surface area contributed by atoms with Gasteiger partial charge in [-0.05, 0) is 64.2 Å². The van der Waals surface area contributed by atoms with Crippen LogP contribution >= 0.6 is 0 Å². The van der Waals surface area contributed by atoms with Gasteiger partial charge in [0.25, 0.3) is 0 Å². The standard InChI is InChI=1S/C18H29N3/c1-3-16-17(14-9-11-20(2)12-10-14)13-21(18(16)19)15-7-5-4-6-8-15/h3,13-15,19H,4-12H2,1-2H3/b16-3-,19-18?. The van der Waals surface area contributed by atoms with Gasteiger partial charge in [0.05, 0.1) is 0 Å². The van der Waals surface area contributed by atoms with Crippen molar-refractivity contribution in [3.05, 3.63) is 23.4 Å². The minimum Gasteiger partial charge on any atom is -0.330 e. The molecule has 1 saturated carbocycles. The minimum atomic E-state index is 0.574. The van der Waals surface area contributed by atoms with Gasteiger partial charge in [-0.3, -0.25) is 5.41 Å². The molecule has 21 heavy (non-hydrogen) atoms. The van der Waals surface area contributed by atoms with Crippen LogP contribution in [0.1, 0.15) is 51.9 Å². The monoisotopic (exact) mass is 287 g/mol. The Balaban J connectivity index is 1.78. The Morgan fingerprint density at radius 3 is 2.38 bits per heavy atom. The number of amidine groups is 1. The first-order valence-corrected chi connectivity index (χ1v) is 8.65. The summed E-state index contributed by atoms with van der Waals surface area (Å²) in [5, 5.41) is 8.58. The number of hydrogen-bond acceptors (Lipinski definition) is 2. The van der Waals surface area contributed by atoms with Gasteiger partial charge < -0.3 is 9.80 Å². The van der Waals surface area contributed by atoms with E-state index in [0.717, 1.165) is 5.84 Å². The fourth-order valence-corrected chi connectivity index (χ4v) is 4.16. The van der Waals surface area contributed by atoms with E-state index in [4.69, 9.17) is 5.41 Å². The summed E-state index contributed by atoms with van der Waals surface area (Å²) in [5.41, 5.74) is 2.65. The van der Waals surface area contributed by atoms with Crippen molar-refractivity contribution in [3.63, 3.8) is 0 Å². The van der Waals surface area contributed by atoms with Crippen molar-refractivity contribution in [1.29, 1.82) is 5.41 Å². The van der Waals surface area contributed by atoms with Gasteiger partial charge in [0, 0.05) is 17.8 Å². The maximum Gasteiger partial charge on any atom is 0.132 e. The minimum absolute atomic E-state index is 0.574. The molecule has 1 N–H and O–H groups in total. The van der Waals surface area contributed by atoms with Crippen molar-refractivity contribution in [2.75, 3.05) is 20.1 Å². The van der Waals surface area contributed by atoms with E-state index in [2.05, 4.69) is 36.0 Å². The van der Waals surface area contributed by atoms with Crippen molar-refractivity contribution >= 4 is 5.84 Å². The van der Waals surface area contributed by atoms with Gasteiger partial charge in [-0.2, -0.15) is 0 Å². The molecule has 0 amide bonds. The number of piperidine rings is 1. The molecular formula is C18H29N3. The largest absolute Gasteiger partial charge is 0.330 e. The fraction of sp³-hybridized carbons (Fsp3) is 0.722. The summed E-state index contributed by atoms with van der Waals surface area (Å²) < 4.78 is 0. The summed E-state index contributed by atoms with van der Waals surface area (Å²) in [5.74, 6) is 1.42. The van der Waals surface area contributed by atoms with Gasteiger partial charge in [-0.25, -0.2) is 0 Å². The summed E-state index contributed by atoms with van der Waals surface area (Å²) in [6.07, 6.45) is 13.5. The third kappa shape index (κ3) is 2.94. The Morgan fingerprint density at radius 1 is 1.10 bits per heavy atom.